The zero-order valence-corrected chi connectivity index (χ0v) is 10.0. The number of hydrogen-bond acceptors (Lipinski definition) is 3. The van der Waals surface area contributed by atoms with Gasteiger partial charge in [0.25, 0.3) is 0 Å². The van der Waals surface area contributed by atoms with Crippen LogP contribution in [0.3, 0.4) is 0 Å². The lowest BCUT2D eigenvalue weighted by molar-refractivity contribution is 0.0963. The summed E-state index contributed by atoms with van der Waals surface area (Å²) in [5.41, 5.74) is 2.37. The number of Topliss-reactive ketones (excluding diaryl/α,β-unsaturated/α-hetero) is 1. The summed E-state index contributed by atoms with van der Waals surface area (Å²) in [5, 5.41) is 0. The van der Waals surface area contributed by atoms with E-state index in [-0.39, 0.29) is 11.7 Å². The maximum absolute atomic E-state index is 12.1. The number of hydrogen-bond donors (Lipinski definition) is 1. The topological polar surface area (TPSA) is 63.1 Å². The molecular weight excluding hydrogens is 230 g/mol. The van der Waals surface area contributed by atoms with Crippen LogP contribution in [0.5, 0.6) is 0 Å². The smallest absolute Gasteiger partial charge is 0.182 e. The van der Waals surface area contributed by atoms with Gasteiger partial charge in [0.15, 0.2) is 17.8 Å². The van der Waals surface area contributed by atoms with E-state index in [1.807, 2.05) is 0 Å². The number of H-pyrrole nitrogens is 1. The standard InChI is InChI=1S/C14H13NO3/c1-8-10(7-16)13(11-3-2-6-18-11)15-12(8)14(17)9-4-5-9/h2-3,6-7,9,15H,4-5H2,1H3. The van der Waals surface area contributed by atoms with Crippen LogP contribution in [0.25, 0.3) is 11.5 Å². The van der Waals surface area contributed by atoms with Gasteiger partial charge in [-0.3, -0.25) is 9.59 Å². The monoisotopic (exact) mass is 243 g/mol. The van der Waals surface area contributed by atoms with Crippen molar-refractivity contribution in [2.75, 3.05) is 0 Å². The molecule has 0 spiro atoms. The van der Waals surface area contributed by atoms with E-state index in [1.165, 1.54) is 0 Å². The van der Waals surface area contributed by atoms with Crippen molar-refractivity contribution in [1.82, 2.24) is 4.98 Å². The number of aromatic nitrogens is 1. The number of aldehydes is 1. The van der Waals surface area contributed by atoms with E-state index >= 15 is 0 Å². The molecule has 0 bridgehead atoms. The minimum absolute atomic E-state index is 0.105. The lowest BCUT2D eigenvalue weighted by atomic mass is 10.1. The van der Waals surface area contributed by atoms with Crippen molar-refractivity contribution in [3.63, 3.8) is 0 Å². The first kappa shape index (κ1) is 11.0. The van der Waals surface area contributed by atoms with Gasteiger partial charge in [0.2, 0.25) is 0 Å². The van der Waals surface area contributed by atoms with Crippen LogP contribution in [-0.2, 0) is 0 Å². The molecule has 1 N–H and O–H groups in total. The van der Waals surface area contributed by atoms with Crippen molar-refractivity contribution in [3.8, 4) is 11.5 Å². The second kappa shape index (κ2) is 3.98. The second-order valence-electron chi connectivity index (χ2n) is 4.65. The molecule has 4 heteroatoms. The summed E-state index contributed by atoms with van der Waals surface area (Å²) in [4.78, 5) is 26.3. The van der Waals surface area contributed by atoms with Crippen molar-refractivity contribution < 1.29 is 14.0 Å². The zero-order chi connectivity index (χ0) is 12.7. The van der Waals surface area contributed by atoms with E-state index in [0.717, 1.165) is 19.1 Å². The Kier molecular flexibility index (Phi) is 2.44. The Morgan fingerprint density at radius 3 is 2.83 bits per heavy atom. The van der Waals surface area contributed by atoms with E-state index in [4.69, 9.17) is 4.42 Å². The SMILES string of the molecule is Cc1c(C(=O)C2CC2)[nH]c(-c2ccco2)c1C=O. The zero-order valence-electron chi connectivity index (χ0n) is 10.0. The number of aromatic amines is 1. The average molecular weight is 243 g/mol. The number of nitrogens with one attached hydrogen (secondary N) is 1. The van der Waals surface area contributed by atoms with Crippen LogP contribution in [-0.4, -0.2) is 17.1 Å². The highest BCUT2D eigenvalue weighted by Crippen LogP contribution is 2.35. The Morgan fingerprint density at radius 2 is 2.28 bits per heavy atom. The van der Waals surface area contributed by atoms with Gasteiger partial charge in [0.1, 0.15) is 0 Å². The summed E-state index contributed by atoms with van der Waals surface area (Å²) < 4.78 is 5.28. The van der Waals surface area contributed by atoms with E-state index < -0.39 is 0 Å². The molecule has 1 aliphatic carbocycles. The molecule has 92 valence electrons. The summed E-state index contributed by atoms with van der Waals surface area (Å²) in [6.07, 6.45) is 4.21. The van der Waals surface area contributed by atoms with Crippen molar-refractivity contribution >= 4 is 12.1 Å². The molecule has 2 aromatic rings. The third-order valence-electron chi connectivity index (χ3n) is 3.38. The van der Waals surface area contributed by atoms with Crippen molar-refractivity contribution in [2.24, 2.45) is 5.92 Å². The minimum atomic E-state index is 0.105. The molecule has 0 aromatic carbocycles. The van der Waals surface area contributed by atoms with Crippen LogP contribution < -0.4 is 0 Å². The van der Waals surface area contributed by atoms with E-state index in [1.54, 1.807) is 25.3 Å². The molecule has 2 heterocycles. The minimum Gasteiger partial charge on any atom is -0.463 e. The van der Waals surface area contributed by atoms with Crippen LogP contribution in [0.15, 0.2) is 22.8 Å². The van der Waals surface area contributed by atoms with Gasteiger partial charge >= 0.3 is 0 Å². The Labute approximate surface area is 104 Å². The van der Waals surface area contributed by atoms with Gasteiger partial charge in [-0.2, -0.15) is 0 Å². The third kappa shape index (κ3) is 1.61. The number of carbonyl (C=O) groups excluding carboxylic acids is 2. The first-order valence-corrected chi connectivity index (χ1v) is 5.98. The fourth-order valence-electron chi connectivity index (χ4n) is 2.17. The van der Waals surface area contributed by atoms with Gasteiger partial charge < -0.3 is 9.40 Å². The molecule has 0 amide bonds. The summed E-state index contributed by atoms with van der Waals surface area (Å²) in [7, 11) is 0. The molecular formula is C14H13NO3. The van der Waals surface area contributed by atoms with Crippen LogP contribution in [0.1, 0.15) is 39.3 Å². The lowest BCUT2D eigenvalue weighted by Crippen LogP contribution is -2.03. The molecule has 1 fully saturated rings. The highest BCUT2D eigenvalue weighted by atomic mass is 16.3. The summed E-state index contributed by atoms with van der Waals surface area (Å²) in [6.45, 7) is 1.79. The highest BCUT2D eigenvalue weighted by molar-refractivity contribution is 6.03. The number of furan rings is 1. The molecule has 0 radical (unpaired) electrons. The molecule has 18 heavy (non-hydrogen) atoms. The largest absolute Gasteiger partial charge is 0.463 e. The Bertz CT molecular complexity index is 603. The van der Waals surface area contributed by atoms with Crippen molar-refractivity contribution in [3.05, 3.63) is 35.2 Å². The summed E-state index contributed by atoms with van der Waals surface area (Å²) in [5.74, 6) is 0.815. The third-order valence-corrected chi connectivity index (χ3v) is 3.38. The number of ketones is 1. The van der Waals surface area contributed by atoms with Crippen LogP contribution >= 0.6 is 0 Å². The van der Waals surface area contributed by atoms with Gasteiger partial charge in [0.05, 0.1) is 17.7 Å². The molecule has 3 rings (SSSR count). The van der Waals surface area contributed by atoms with Crippen LogP contribution in [0, 0.1) is 12.8 Å². The van der Waals surface area contributed by atoms with Crippen molar-refractivity contribution in [2.45, 2.75) is 19.8 Å². The highest BCUT2D eigenvalue weighted by Gasteiger charge is 2.33. The normalized spacial score (nSPS) is 14.7. The van der Waals surface area contributed by atoms with Gasteiger partial charge in [-0.15, -0.1) is 0 Å². The molecule has 1 saturated carbocycles. The molecule has 1 aliphatic rings. The van der Waals surface area contributed by atoms with Gasteiger partial charge in [-0.1, -0.05) is 0 Å². The fourth-order valence-corrected chi connectivity index (χ4v) is 2.17. The van der Waals surface area contributed by atoms with Crippen LogP contribution in [0.4, 0.5) is 0 Å². The fraction of sp³-hybridized carbons (Fsp3) is 0.286. The van der Waals surface area contributed by atoms with E-state index in [2.05, 4.69) is 4.98 Å². The first-order chi connectivity index (χ1) is 8.72. The maximum Gasteiger partial charge on any atom is 0.182 e. The van der Waals surface area contributed by atoms with Gasteiger partial charge in [-0.05, 0) is 37.5 Å². The van der Waals surface area contributed by atoms with E-state index in [0.29, 0.717) is 28.3 Å². The number of carbonyl (C=O) groups is 2. The number of rotatable bonds is 4. The Morgan fingerprint density at radius 1 is 1.50 bits per heavy atom. The maximum atomic E-state index is 12.1. The Balaban J connectivity index is 2.12. The molecule has 0 atom stereocenters. The lowest BCUT2D eigenvalue weighted by Gasteiger charge is -1.96. The van der Waals surface area contributed by atoms with Crippen molar-refractivity contribution in [1.29, 1.82) is 0 Å². The summed E-state index contributed by atoms with van der Waals surface area (Å²) in [6, 6.07) is 3.52. The second-order valence-corrected chi connectivity index (χ2v) is 4.65. The van der Waals surface area contributed by atoms with E-state index in [9.17, 15) is 9.59 Å². The van der Waals surface area contributed by atoms with Gasteiger partial charge in [0, 0.05) is 11.5 Å². The molecule has 0 saturated heterocycles. The molecule has 4 nitrogen and oxygen atoms in total. The quantitative estimate of drug-likeness (QED) is 0.663. The van der Waals surface area contributed by atoms with Crippen LogP contribution in [0.2, 0.25) is 0 Å². The molecule has 2 aromatic heterocycles. The average Bonchev–Trinajstić information content (AvgIpc) is 2.97. The first-order valence-electron chi connectivity index (χ1n) is 5.98. The van der Waals surface area contributed by atoms with Gasteiger partial charge in [-0.25, -0.2) is 0 Å². The Hall–Kier alpha value is -2.10. The predicted octanol–water partition coefficient (Wildman–Crippen LogP) is 2.99. The molecule has 0 aliphatic heterocycles. The summed E-state index contributed by atoms with van der Waals surface area (Å²) >= 11 is 0. The molecule has 0 unspecified atom stereocenters. The predicted molar refractivity (Wildman–Crippen MR) is 65.7 cm³/mol.